The first-order valence-electron chi connectivity index (χ1n) is 2.63. The molecule has 0 aromatic carbocycles. The lowest BCUT2D eigenvalue weighted by Gasteiger charge is -1.79. The number of nitrogens with one attached hydrogen (secondary N) is 1. The van der Waals surface area contributed by atoms with Crippen LogP contribution >= 0.6 is 0 Å². The quantitative estimate of drug-likeness (QED) is 0.448. The Labute approximate surface area is 50.3 Å². The molecule has 0 bridgehead atoms. The van der Waals surface area contributed by atoms with Crippen molar-refractivity contribution < 1.29 is 10.2 Å². The van der Waals surface area contributed by atoms with Gasteiger partial charge in [0.2, 0.25) is 0 Å². The van der Waals surface area contributed by atoms with Crippen molar-refractivity contribution in [3.63, 3.8) is 0 Å². The van der Waals surface area contributed by atoms with Gasteiger partial charge < -0.3 is 15.5 Å². The second kappa shape index (κ2) is 15.8. The molecule has 0 saturated heterocycles. The van der Waals surface area contributed by atoms with E-state index in [4.69, 9.17) is 10.2 Å². The van der Waals surface area contributed by atoms with Crippen molar-refractivity contribution in [1.29, 1.82) is 0 Å². The predicted octanol–water partition coefficient (Wildman–Crippen LogP) is -0.803. The Morgan fingerprint density at radius 2 is 1.38 bits per heavy atom. The zero-order valence-corrected chi connectivity index (χ0v) is 5.52. The molecule has 0 radical (unpaired) electrons. The van der Waals surface area contributed by atoms with Gasteiger partial charge >= 0.3 is 0 Å². The third-order valence-electron chi connectivity index (χ3n) is 0.316. The molecule has 3 N–H and O–H groups in total. The fourth-order valence-electron chi connectivity index (χ4n) is 0.0707. The largest absolute Gasteiger partial charge is 0.396 e. The standard InChI is InChI=1S/C3H8O2.C2H7N/c4-2-1-3-5;1-3-2/h4-5H,1-3H2;3H,1-2H3. The Kier molecular flexibility index (Phi) is 21.3. The molecule has 0 aromatic rings. The van der Waals surface area contributed by atoms with Gasteiger partial charge in [-0.1, -0.05) is 0 Å². The highest BCUT2D eigenvalue weighted by molar-refractivity contribution is 4.22. The molecule has 0 spiro atoms. The van der Waals surface area contributed by atoms with Crippen LogP contribution in [0.2, 0.25) is 0 Å². The fourth-order valence-corrected chi connectivity index (χ4v) is 0.0707. The van der Waals surface area contributed by atoms with Gasteiger partial charge in [0.1, 0.15) is 0 Å². The number of aliphatic hydroxyl groups is 2. The third kappa shape index (κ3) is 39.6. The Hall–Kier alpha value is -0.120. The Balaban J connectivity index is 0. The second-order valence-electron chi connectivity index (χ2n) is 1.30. The van der Waals surface area contributed by atoms with Crippen molar-refractivity contribution in [1.82, 2.24) is 5.32 Å². The molecule has 0 amide bonds. The minimum Gasteiger partial charge on any atom is -0.396 e. The number of rotatable bonds is 2. The van der Waals surface area contributed by atoms with Crippen molar-refractivity contribution in [2.45, 2.75) is 6.42 Å². The highest BCUT2D eigenvalue weighted by atomic mass is 16.3. The Morgan fingerprint density at radius 3 is 1.38 bits per heavy atom. The number of hydrogen-bond donors (Lipinski definition) is 3. The molecule has 0 rings (SSSR count). The van der Waals surface area contributed by atoms with Crippen LogP contribution in [0, 0.1) is 0 Å². The van der Waals surface area contributed by atoms with Gasteiger partial charge in [0.05, 0.1) is 0 Å². The summed E-state index contributed by atoms with van der Waals surface area (Å²) >= 11 is 0. The molecular weight excluding hydrogens is 106 g/mol. The Bertz CT molecular complexity index is 24.4. The van der Waals surface area contributed by atoms with E-state index in [1.807, 2.05) is 14.1 Å². The first kappa shape index (κ1) is 10.8. The summed E-state index contributed by atoms with van der Waals surface area (Å²) in [4.78, 5) is 0. The van der Waals surface area contributed by atoms with Crippen LogP contribution in [-0.2, 0) is 0 Å². The fraction of sp³-hybridized carbons (Fsp3) is 1.00. The maximum atomic E-state index is 7.91. The van der Waals surface area contributed by atoms with Crippen LogP contribution in [0.25, 0.3) is 0 Å². The van der Waals surface area contributed by atoms with E-state index in [0.29, 0.717) is 6.42 Å². The predicted molar refractivity (Wildman–Crippen MR) is 33.8 cm³/mol. The Morgan fingerprint density at radius 1 is 1.12 bits per heavy atom. The summed E-state index contributed by atoms with van der Waals surface area (Å²) in [5, 5.41) is 18.6. The lowest BCUT2D eigenvalue weighted by molar-refractivity contribution is 0.221. The van der Waals surface area contributed by atoms with E-state index in [2.05, 4.69) is 5.32 Å². The first-order chi connectivity index (χ1) is 3.83. The van der Waals surface area contributed by atoms with Crippen LogP contribution in [0.4, 0.5) is 0 Å². The second-order valence-corrected chi connectivity index (χ2v) is 1.30. The zero-order chi connectivity index (χ0) is 6.83. The maximum absolute atomic E-state index is 7.91. The van der Waals surface area contributed by atoms with Crippen LogP contribution in [0.3, 0.4) is 0 Å². The van der Waals surface area contributed by atoms with Crippen molar-refractivity contribution in [3.8, 4) is 0 Å². The average Bonchev–Trinajstić information content (AvgIpc) is 1.71. The van der Waals surface area contributed by atoms with Gasteiger partial charge in [-0.25, -0.2) is 0 Å². The molecule has 0 aromatic heterocycles. The zero-order valence-electron chi connectivity index (χ0n) is 5.52. The van der Waals surface area contributed by atoms with Crippen molar-refractivity contribution in [3.05, 3.63) is 0 Å². The van der Waals surface area contributed by atoms with Gasteiger partial charge in [-0.05, 0) is 20.5 Å². The summed E-state index contributed by atoms with van der Waals surface area (Å²) in [5.74, 6) is 0. The summed E-state index contributed by atoms with van der Waals surface area (Å²) in [6, 6.07) is 0. The molecule has 52 valence electrons. The molecule has 3 heteroatoms. The highest BCUT2D eigenvalue weighted by Crippen LogP contribution is 1.65. The normalized spacial score (nSPS) is 7.50. The molecular formula is C5H15NO2. The van der Waals surface area contributed by atoms with Crippen molar-refractivity contribution >= 4 is 0 Å². The van der Waals surface area contributed by atoms with E-state index < -0.39 is 0 Å². The summed E-state index contributed by atoms with van der Waals surface area (Å²) in [6.07, 6.45) is 0.500. The lowest BCUT2D eigenvalue weighted by Crippen LogP contribution is -1.89. The molecule has 0 unspecified atom stereocenters. The van der Waals surface area contributed by atoms with Crippen molar-refractivity contribution in [2.75, 3.05) is 27.3 Å². The van der Waals surface area contributed by atoms with Gasteiger partial charge in [-0.3, -0.25) is 0 Å². The molecule has 0 heterocycles. The molecule has 0 aliphatic heterocycles. The first-order valence-corrected chi connectivity index (χ1v) is 2.63. The highest BCUT2D eigenvalue weighted by Gasteiger charge is 1.70. The van der Waals surface area contributed by atoms with Gasteiger partial charge in [-0.2, -0.15) is 0 Å². The van der Waals surface area contributed by atoms with Gasteiger partial charge in [0, 0.05) is 13.2 Å². The molecule has 0 aliphatic carbocycles. The molecule has 3 nitrogen and oxygen atoms in total. The minimum atomic E-state index is 0.0938. The van der Waals surface area contributed by atoms with Gasteiger partial charge in [0.15, 0.2) is 0 Å². The third-order valence-corrected chi connectivity index (χ3v) is 0.316. The molecule has 0 aliphatic rings. The molecule has 8 heavy (non-hydrogen) atoms. The summed E-state index contributed by atoms with van der Waals surface area (Å²) in [7, 11) is 3.75. The van der Waals surface area contributed by atoms with Gasteiger partial charge in [0.25, 0.3) is 0 Å². The maximum Gasteiger partial charge on any atom is 0.0452 e. The summed E-state index contributed by atoms with van der Waals surface area (Å²) < 4.78 is 0. The molecule has 0 atom stereocenters. The van der Waals surface area contributed by atoms with Crippen LogP contribution in [0.15, 0.2) is 0 Å². The minimum absolute atomic E-state index is 0.0938. The van der Waals surface area contributed by atoms with E-state index >= 15 is 0 Å². The monoisotopic (exact) mass is 121 g/mol. The average molecular weight is 121 g/mol. The van der Waals surface area contributed by atoms with Crippen molar-refractivity contribution in [2.24, 2.45) is 0 Å². The van der Waals surface area contributed by atoms with Crippen LogP contribution in [0.1, 0.15) is 6.42 Å². The van der Waals surface area contributed by atoms with E-state index in [1.165, 1.54) is 0 Å². The van der Waals surface area contributed by atoms with E-state index in [1.54, 1.807) is 0 Å². The van der Waals surface area contributed by atoms with Crippen LogP contribution in [0.5, 0.6) is 0 Å². The SMILES string of the molecule is CNC.OCCCO. The molecule has 0 saturated carbocycles. The summed E-state index contributed by atoms with van der Waals surface area (Å²) in [5.41, 5.74) is 0. The van der Waals surface area contributed by atoms with E-state index in [0.717, 1.165) is 0 Å². The van der Waals surface area contributed by atoms with E-state index in [-0.39, 0.29) is 13.2 Å². The molecule has 0 fully saturated rings. The summed E-state index contributed by atoms with van der Waals surface area (Å²) in [6.45, 7) is 0.188. The van der Waals surface area contributed by atoms with Crippen LogP contribution in [-0.4, -0.2) is 37.5 Å². The van der Waals surface area contributed by atoms with Gasteiger partial charge in [-0.15, -0.1) is 0 Å². The lowest BCUT2D eigenvalue weighted by atomic mass is 10.5. The topological polar surface area (TPSA) is 52.5 Å². The number of aliphatic hydroxyl groups excluding tert-OH is 2. The number of hydrogen-bond acceptors (Lipinski definition) is 3. The smallest absolute Gasteiger partial charge is 0.0452 e. The van der Waals surface area contributed by atoms with Crippen LogP contribution < -0.4 is 5.32 Å². The van der Waals surface area contributed by atoms with E-state index in [9.17, 15) is 0 Å².